The fourth-order valence-electron chi connectivity index (χ4n) is 4.17. The van der Waals surface area contributed by atoms with Crippen LogP contribution in [0.1, 0.15) is 16.2 Å². The minimum absolute atomic E-state index is 0.0574. The molecule has 1 aromatic heterocycles. The average molecular weight is 385 g/mol. The van der Waals surface area contributed by atoms with Crippen LogP contribution >= 0.6 is 0 Å². The van der Waals surface area contributed by atoms with E-state index >= 15 is 0 Å². The summed E-state index contributed by atoms with van der Waals surface area (Å²) < 4.78 is 3.15. The minimum Gasteiger partial charge on any atom is -0.329 e. The Bertz CT molecular complexity index is 1240. The van der Waals surface area contributed by atoms with E-state index in [0.717, 1.165) is 56.5 Å². The molecule has 0 fully saturated rings. The zero-order valence-electron chi connectivity index (χ0n) is 17.1. The van der Waals surface area contributed by atoms with Gasteiger partial charge in [0.25, 0.3) is 5.91 Å². The summed E-state index contributed by atoms with van der Waals surface area (Å²) in [5.41, 5.74) is 3.87. The highest BCUT2D eigenvalue weighted by molar-refractivity contribution is 6.24. The number of benzene rings is 3. The van der Waals surface area contributed by atoms with Gasteiger partial charge in [0.1, 0.15) is 5.82 Å². The number of hydrogen-bond acceptors (Lipinski definition) is 2. The number of nitrogens with zero attached hydrogens (tertiary/aromatic N) is 4. The normalized spacial score (nSPS) is 13.8. The first kappa shape index (κ1) is 17.9. The third-order valence-corrected chi connectivity index (χ3v) is 5.68. The Hall–Kier alpha value is -3.18. The van der Waals surface area contributed by atoms with E-state index < -0.39 is 0 Å². The SMILES string of the molecule is C[N+](C)(C)CCn1c(CN2C(=O)c3cccc4cccc2c34)nc2ccccc21. The average Bonchev–Trinajstić information content (AvgIpc) is 3.18. The molecule has 0 aliphatic carbocycles. The third-order valence-electron chi connectivity index (χ3n) is 5.68. The second-order valence-electron chi connectivity index (χ2n) is 8.75. The summed E-state index contributed by atoms with van der Waals surface area (Å²) >= 11 is 0. The van der Waals surface area contributed by atoms with Gasteiger partial charge in [0.15, 0.2) is 0 Å². The number of imidazole rings is 1. The van der Waals surface area contributed by atoms with Crippen molar-refractivity contribution in [2.45, 2.75) is 13.1 Å². The van der Waals surface area contributed by atoms with E-state index in [0.29, 0.717) is 6.54 Å². The maximum Gasteiger partial charge on any atom is 0.259 e. The quantitative estimate of drug-likeness (QED) is 0.486. The highest BCUT2D eigenvalue weighted by atomic mass is 16.2. The molecule has 5 rings (SSSR count). The first-order valence-electron chi connectivity index (χ1n) is 10.0. The molecule has 2 heterocycles. The highest BCUT2D eigenvalue weighted by Crippen LogP contribution is 2.38. The second-order valence-corrected chi connectivity index (χ2v) is 8.75. The summed E-state index contributed by atoms with van der Waals surface area (Å²) in [4.78, 5) is 20.0. The number of anilines is 1. The second kappa shape index (κ2) is 6.42. The van der Waals surface area contributed by atoms with Gasteiger partial charge >= 0.3 is 0 Å². The largest absolute Gasteiger partial charge is 0.329 e. The van der Waals surface area contributed by atoms with Crippen molar-refractivity contribution < 1.29 is 9.28 Å². The number of carbonyl (C=O) groups excluding carboxylic acids is 1. The predicted octanol–water partition coefficient (Wildman–Crippen LogP) is 4.06. The van der Waals surface area contributed by atoms with Gasteiger partial charge in [-0.2, -0.15) is 0 Å². The molecule has 29 heavy (non-hydrogen) atoms. The summed E-state index contributed by atoms with van der Waals surface area (Å²) in [5, 5.41) is 2.16. The van der Waals surface area contributed by atoms with Gasteiger partial charge < -0.3 is 14.0 Å². The van der Waals surface area contributed by atoms with Crippen molar-refractivity contribution in [2.75, 3.05) is 32.6 Å². The topological polar surface area (TPSA) is 38.1 Å². The lowest BCUT2D eigenvalue weighted by Gasteiger charge is -2.25. The first-order chi connectivity index (χ1) is 13.9. The number of hydrogen-bond donors (Lipinski definition) is 0. The van der Waals surface area contributed by atoms with Gasteiger partial charge in [-0.3, -0.25) is 4.79 Å². The summed E-state index contributed by atoms with van der Waals surface area (Å²) in [6.07, 6.45) is 0. The summed E-state index contributed by atoms with van der Waals surface area (Å²) in [5.74, 6) is 0.986. The van der Waals surface area contributed by atoms with Crippen LogP contribution in [0.4, 0.5) is 5.69 Å². The number of fused-ring (bicyclic) bond motifs is 1. The van der Waals surface area contributed by atoms with Crippen LogP contribution in [0.3, 0.4) is 0 Å². The van der Waals surface area contributed by atoms with E-state index in [2.05, 4.69) is 43.9 Å². The number of amides is 1. The van der Waals surface area contributed by atoms with Crippen molar-refractivity contribution in [1.29, 1.82) is 0 Å². The molecule has 3 aromatic carbocycles. The van der Waals surface area contributed by atoms with Crippen LogP contribution in [0.25, 0.3) is 21.8 Å². The van der Waals surface area contributed by atoms with Crippen LogP contribution in [0, 0.1) is 0 Å². The van der Waals surface area contributed by atoms with Gasteiger partial charge in [-0.25, -0.2) is 4.98 Å². The number of likely N-dealkylation sites (N-methyl/N-ethyl adjacent to an activating group) is 1. The Morgan fingerprint density at radius 1 is 0.931 bits per heavy atom. The van der Waals surface area contributed by atoms with E-state index in [4.69, 9.17) is 4.98 Å². The first-order valence-corrected chi connectivity index (χ1v) is 10.0. The van der Waals surface area contributed by atoms with Crippen LogP contribution in [0.15, 0.2) is 60.7 Å². The monoisotopic (exact) mass is 385 g/mol. The summed E-state index contributed by atoms with van der Waals surface area (Å²) in [7, 11) is 6.58. The van der Waals surface area contributed by atoms with Crippen molar-refractivity contribution >= 4 is 33.4 Å². The van der Waals surface area contributed by atoms with Crippen molar-refractivity contribution in [1.82, 2.24) is 9.55 Å². The molecule has 0 radical (unpaired) electrons. The van der Waals surface area contributed by atoms with Crippen LogP contribution in [0.5, 0.6) is 0 Å². The number of para-hydroxylation sites is 2. The Morgan fingerprint density at radius 2 is 1.69 bits per heavy atom. The van der Waals surface area contributed by atoms with Crippen molar-refractivity contribution in [3.05, 3.63) is 72.1 Å². The van der Waals surface area contributed by atoms with Gasteiger partial charge in [-0.05, 0) is 29.7 Å². The lowest BCUT2D eigenvalue weighted by Crippen LogP contribution is -2.38. The van der Waals surface area contributed by atoms with Crippen molar-refractivity contribution in [2.24, 2.45) is 0 Å². The van der Waals surface area contributed by atoms with E-state index in [1.807, 2.05) is 47.4 Å². The van der Waals surface area contributed by atoms with E-state index in [-0.39, 0.29) is 5.91 Å². The predicted molar refractivity (Wildman–Crippen MR) is 117 cm³/mol. The Labute approximate surface area is 170 Å². The molecule has 146 valence electrons. The summed E-state index contributed by atoms with van der Waals surface area (Å²) in [6, 6.07) is 20.3. The molecule has 1 aliphatic heterocycles. The molecular formula is C24H25N4O+. The fraction of sp³-hybridized carbons (Fsp3) is 0.250. The maximum absolute atomic E-state index is 13.2. The van der Waals surface area contributed by atoms with Gasteiger partial charge in [-0.1, -0.05) is 36.4 Å². The smallest absolute Gasteiger partial charge is 0.259 e. The van der Waals surface area contributed by atoms with E-state index in [9.17, 15) is 4.79 Å². The Balaban J connectivity index is 1.58. The van der Waals surface area contributed by atoms with Crippen LogP contribution < -0.4 is 4.90 Å². The molecule has 1 aliphatic rings. The molecule has 5 heteroatoms. The summed E-state index contributed by atoms with van der Waals surface area (Å²) in [6.45, 7) is 2.31. The Morgan fingerprint density at radius 3 is 2.48 bits per heavy atom. The maximum atomic E-state index is 13.2. The van der Waals surface area contributed by atoms with Crippen molar-refractivity contribution in [3.8, 4) is 0 Å². The zero-order chi connectivity index (χ0) is 20.2. The molecule has 5 nitrogen and oxygen atoms in total. The number of rotatable bonds is 5. The van der Waals surface area contributed by atoms with Crippen LogP contribution in [-0.4, -0.2) is 47.6 Å². The molecule has 0 saturated heterocycles. The standard InChI is InChI=1S/C24H25N4O/c1-28(2,3)15-14-26-20-12-5-4-11-19(20)25-22(26)16-27-21-13-7-9-17-8-6-10-18(23(17)21)24(27)29/h4-13H,14-16H2,1-3H3/q+1. The molecule has 0 atom stereocenters. The molecule has 0 N–H and O–H groups in total. The molecule has 0 saturated carbocycles. The third kappa shape index (κ3) is 2.98. The van der Waals surface area contributed by atoms with Crippen molar-refractivity contribution in [3.63, 3.8) is 0 Å². The molecule has 1 amide bonds. The number of quaternary nitrogens is 1. The van der Waals surface area contributed by atoms with E-state index in [1.54, 1.807) is 0 Å². The molecular weight excluding hydrogens is 360 g/mol. The van der Waals surface area contributed by atoms with E-state index in [1.165, 1.54) is 0 Å². The lowest BCUT2D eigenvalue weighted by molar-refractivity contribution is -0.870. The van der Waals surface area contributed by atoms with Gasteiger partial charge in [0, 0.05) is 10.9 Å². The van der Waals surface area contributed by atoms with Gasteiger partial charge in [0.05, 0.1) is 57.5 Å². The minimum atomic E-state index is 0.0574. The Kier molecular flexibility index (Phi) is 3.96. The molecule has 4 aromatic rings. The molecule has 0 bridgehead atoms. The molecule has 0 spiro atoms. The molecule has 0 unspecified atom stereocenters. The number of carbonyl (C=O) groups is 1. The fourth-order valence-corrected chi connectivity index (χ4v) is 4.17. The van der Waals surface area contributed by atoms with Gasteiger partial charge in [0.2, 0.25) is 0 Å². The van der Waals surface area contributed by atoms with Gasteiger partial charge in [-0.15, -0.1) is 0 Å². The lowest BCUT2D eigenvalue weighted by atomic mass is 10.1. The van der Waals surface area contributed by atoms with Crippen LogP contribution in [-0.2, 0) is 13.1 Å². The van der Waals surface area contributed by atoms with Crippen LogP contribution in [0.2, 0.25) is 0 Å². The zero-order valence-corrected chi connectivity index (χ0v) is 17.1. The number of aromatic nitrogens is 2. The highest BCUT2D eigenvalue weighted by Gasteiger charge is 2.31.